The SMILES string of the molecule is CC/C(=N/O)C(N)C(=O)NC(C(=O)NC(C=NCc1cccnc1OC)=CN)C1CCC(F)(F)CC1. The van der Waals surface area contributed by atoms with Gasteiger partial charge in [-0.05, 0) is 31.2 Å². The number of carbonyl (C=O) groups is 2. The van der Waals surface area contributed by atoms with E-state index in [4.69, 9.17) is 21.4 Å². The van der Waals surface area contributed by atoms with Gasteiger partial charge in [-0.15, -0.1) is 0 Å². The number of amides is 2. The predicted octanol–water partition coefficient (Wildman–Crippen LogP) is 1.46. The van der Waals surface area contributed by atoms with Gasteiger partial charge in [0, 0.05) is 37.0 Å². The molecule has 0 spiro atoms. The van der Waals surface area contributed by atoms with E-state index in [1.807, 2.05) is 0 Å². The van der Waals surface area contributed by atoms with Crippen LogP contribution in [0, 0.1) is 5.92 Å². The number of carbonyl (C=O) groups excluding carboxylic acids is 2. The fourth-order valence-electron chi connectivity index (χ4n) is 3.85. The van der Waals surface area contributed by atoms with Gasteiger partial charge in [-0.2, -0.15) is 0 Å². The Labute approximate surface area is 208 Å². The Morgan fingerprint density at radius 1 is 1.36 bits per heavy atom. The first kappa shape index (κ1) is 28.6. The van der Waals surface area contributed by atoms with Gasteiger partial charge < -0.3 is 32.0 Å². The highest BCUT2D eigenvalue weighted by molar-refractivity contribution is 6.08. The lowest BCUT2D eigenvalue weighted by molar-refractivity contribution is -0.131. The van der Waals surface area contributed by atoms with Gasteiger partial charge in [-0.25, -0.2) is 13.8 Å². The van der Waals surface area contributed by atoms with Crippen molar-refractivity contribution in [2.45, 2.75) is 63.6 Å². The molecule has 0 radical (unpaired) electrons. The van der Waals surface area contributed by atoms with Crippen molar-refractivity contribution < 1.29 is 28.3 Å². The number of hydrogen-bond acceptors (Lipinski definition) is 9. The zero-order chi connectivity index (χ0) is 26.7. The van der Waals surface area contributed by atoms with E-state index in [2.05, 4.69) is 25.8 Å². The number of oxime groups is 1. The summed E-state index contributed by atoms with van der Waals surface area (Å²) < 4.78 is 32.6. The monoisotopic (exact) mass is 509 g/mol. The Morgan fingerprint density at radius 3 is 2.64 bits per heavy atom. The zero-order valence-corrected chi connectivity index (χ0v) is 20.3. The Hall–Kier alpha value is -3.61. The summed E-state index contributed by atoms with van der Waals surface area (Å²) in [5, 5.41) is 17.2. The van der Waals surface area contributed by atoms with Crippen LogP contribution in [-0.4, -0.2) is 59.0 Å². The van der Waals surface area contributed by atoms with E-state index in [1.165, 1.54) is 13.3 Å². The molecule has 2 atom stereocenters. The Bertz CT molecular complexity index is 990. The van der Waals surface area contributed by atoms with E-state index in [0.29, 0.717) is 11.4 Å². The van der Waals surface area contributed by atoms with Crippen LogP contribution in [0.4, 0.5) is 8.78 Å². The fraction of sp³-hybridized carbons (Fsp3) is 0.522. The molecule has 0 aliphatic heterocycles. The average Bonchev–Trinajstić information content (AvgIpc) is 2.87. The van der Waals surface area contributed by atoms with Crippen LogP contribution < -0.4 is 26.8 Å². The minimum Gasteiger partial charge on any atom is -0.481 e. The molecule has 0 aromatic carbocycles. The average molecular weight is 510 g/mol. The summed E-state index contributed by atoms with van der Waals surface area (Å²) in [5.41, 5.74) is 12.4. The van der Waals surface area contributed by atoms with Gasteiger partial charge in [-0.3, -0.25) is 14.6 Å². The molecule has 1 aliphatic rings. The molecule has 2 amide bonds. The lowest BCUT2D eigenvalue weighted by Crippen LogP contribution is -2.57. The molecule has 1 aromatic rings. The van der Waals surface area contributed by atoms with Crippen molar-refractivity contribution in [3.63, 3.8) is 0 Å². The quantitative estimate of drug-likeness (QED) is 0.170. The zero-order valence-electron chi connectivity index (χ0n) is 20.3. The van der Waals surface area contributed by atoms with Crippen LogP contribution in [0.15, 0.2) is 40.4 Å². The molecule has 1 fully saturated rings. The minimum atomic E-state index is -2.82. The van der Waals surface area contributed by atoms with Crippen LogP contribution in [0.1, 0.15) is 44.6 Å². The molecule has 2 rings (SSSR count). The third-order valence-corrected chi connectivity index (χ3v) is 5.93. The van der Waals surface area contributed by atoms with Gasteiger partial charge in [0.15, 0.2) is 0 Å². The number of allylic oxidation sites excluding steroid dienone is 1. The van der Waals surface area contributed by atoms with Crippen LogP contribution in [0.3, 0.4) is 0 Å². The molecule has 1 aliphatic carbocycles. The molecule has 0 bridgehead atoms. The van der Waals surface area contributed by atoms with Gasteiger partial charge in [0.1, 0.15) is 12.1 Å². The second kappa shape index (κ2) is 13.5. The van der Waals surface area contributed by atoms with E-state index in [1.54, 1.807) is 25.3 Å². The number of nitrogens with one attached hydrogen (secondary N) is 2. The van der Waals surface area contributed by atoms with Crippen LogP contribution >= 0.6 is 0 Å². The number of alkyl halides is 2. The molecule has 0 saturated heterocycles. The van der Waals surface area contributed by atoms with E-state index in [0.717, 1.165) is 6.20 Å². The van der Waals surface area contributed by atoms with E-state index in [9.17, 15) is 18.4 Å². The number of aromatic nitrogens is 1. The van der Waals surface area contributed by atoms with Gasteiger partial charge in [0.25, 0.3) is 0 Å². The normalized spacial score (nSPS) is 18.5. The molecule has 13 heteroatoms. The topological polar surface area (TPSA) is 177 Å². The highest BCUT2D eigenvalue weighted by Crippen LogP contribution is 2.37. The number of nitrogens with zero attached hydrogens (tertiary/aromatic N) is 3. The van der Waals surface area contributed by atoms with Gasteiger partial charge in [-0.1, -0.05) is 18.1 Å². The molecule has 1 aromatic heterocycles. The van der Waals surface area contributed by atoms with Crippen molar-refractivity contribution in [3.8, 4) is 5.88 Å². The molecule has 36 heavy (non-hydrogen) atoms. The van der Waals surface area contributed by atoms with Crippen LogP contribution in [-0.2, 0) is 16.1 Å². The molecular weight excluding hydrogens is 476 g/mol. The summed E-state index contributed by atoms with van der Waals surface area (Å²) in [7, 11) is 1.48. The molecule has 1 heterocycles. The fourth-order valence-corrected chi connectivity index (χ4v) is 3.85. The first-order valence-corrected chi connectivity index (χ1v) is 11.5. The summed E-state index contributed by atoms with van der Waals surface area (Å²) in [6.07, 6.45) is 3.46. The van der Waals surface area contributed by atoms with E-state index in [-0.39, 0.29) is 37.2 Å². The summed E-state index contributed by atoms with van der Waals surface area (Å²) in [6, 6.07) is 1.03. The Balaban J connectivity index is 2.15. The molecular formula is C23H33F2N7O4. The third kappa shape index (κ3) is 7.97. The summed E-state index contributed by atoms with van der Waals surface area (Å²) in [6.45, 7) is 1.84. The number of methoxy groups -OCH3 is 1. The number of nitrogens with two attached hydrogens (primary N) is 2. The molecule has 7 N–H and O–H groups in total. The number of rotatable bonds is 11. The number of hydrogen-bond donors (Lipinski definition) is 5. The minimum absolute atomic E-state index is 0.0161. The van der Waals surface area contributed by atoms with E-state index >= 15 is 0 Å². The van der Waals surface area contributed by atoms with Crippen LogP contribution in [0.5, 0.6) is 5.88 Å². The molecule has 2 unspecified atom stereocenters. The maximum Gasteiger partial charge on any atom is 0.248 e. The maximum atomic E-state index is 13.7. The molecule has 198 valence electrons. The van der Waals surface area contributed by atoms with Gasteiger partial charge in [0.05, 0.1) is 25.1 Å². The van der Waals surface area contributed by atoms with Crippen molar-refractivity contribution in [2.75, 3.05) is 7.11 Å². The second-order valence-electron chi connectivity index (χ2n) is 8.36. The highest BCUT2D eigenvalue weighted by Gasteiger charge is 2.41. The van der Waals surface area contributed by atoms with Crippen molar-refractivity contribution in [1.82, 2.24) is 15.6 Å². The third-order valence-electron chi connectivity index (χ3n) is 5.93. The predicted molar refractivity (Wildman–Crippen MR) is 130 cm³/mol. The smallest absolute Gasteiger partial charge is 0.248 e. The van der Waals surface area contributed by atoms with Crippen molar-refractivity contribution in [3.05, 3.63) is 35.8 Å². The Kier molecular flexibility index (Phi) is 10.7. The molecule has 11 nitrogen and oxygen atoms in total. The summed E-state index contributed by atoms with van der Waals surface area (Å²) in [5.74, 6) is -4.40. The van der Waals surface area contributed by atoms with Crippen LogP contribution in [0.25, 0.3) is 0 Å². The largest absolute Gasteiger partial charge is 0.481 e. The van der Waals surface area contributed by atoms with Crippen LogP contribution in [0.2, 0.25) is 0 Å². The first-order chi connectivity index (χ1) is 17.1. The lowest BCUT2D eigenvalue weighted by atomic mass is 9.81. The number of pyridine rings is 1. The summed E-state index contributed by atoms with van der Waals surface area (Å²) >= 11 is 0. The van der Waals surface area contributed by atoms with E-state index < -0.39 is 48.6 Å². The Morgan fingerprint density at radius 2 is 2.06 bits per heavy atom. The van der Waals surface area contributed by atoms with Crippen molar-refractivity contribution in [2.24, 2.45) is 27.5 Å². The lowest BCUT2D eigenvalue weighted by Gasteiger charge is -2.34. The van der Waals surface area contributed by atoms with Gasteiger partial charge >= 0.3 is 0 Å². The molecule has 1 saturated carbocycles. The standard InChI is InChI=1S/C23H33F2N7O4/c1-3-17(32-35)18(27)20(33)31-19(14-6-8-23(24,25)9-7-14)21(34)30-16(11-26)13-28-12-15-5-4-10-29-22(15)36-2/h4-5,10-11,13-14,18-19,35H,3,6-9,12,26-27H2,1-2H3,(H,30,34)(H,31,33)/b16-11?,28-13?,32-17-. The van der Waals surface area contributed by atoms with Gasteiger partial charge in [0.2, 0.25) is 23.6 Å². The van der Waals surface area contributed by atoms with Crippen molar-refractivity contribution >= 4 is 23.7 Å². The number of ether oxygens (including phenoxy) is 1. The maximum absolute atomic E-state index is 13.7. The second-order valence-corrected chi connectivity index (χ2v) is 8.36. The van der Waals surface area contributed by atoms with Crippen molar-refractivity contribution in [1.29, 1.82) is 0 Å². The highest BCUT2D eigenvalue weighted by atomic mass is 19.3. The first-order valence-electron chi connectivity index (χ1n) is 11.5. The summed E-state index contributed by atoms with van der Waals surface area (Å²) in [4.78, 5) is 34.2. The number of aliphatic imine (C=N–C) groups is 1. The number of halogens is 2.